The Morgan fingerprint density at radius 1 is 1.16 bits per heavy atom. The van der Waals surface area contributed by atoms with Crippen LogP contribution in [0.4, 0.5) is 0 Å². The molecule has 0 spiro atoms. The molecule has 2 fully saturated rings. The third kappa shape index (κ3) is 5.70. The van der Waals surface area contributed by atoms with Gasteiger partial charge in [0.05, 0.1) is 23.6 Å². The molecular formula is C24H34N4O2S. The number of imidazole rings is 1. The minimum absolute atomic E-state index is 0.219. The van der Waals surface area contributed by atoms with Crippen LogP contribution in [0, 0.1) is 12.8 Å². The smallest absolute Gasteiger partial charge is 0.233 e. The van der Waals surface area contributed by atoms with Gasteiger partial charge in [-0.3, -0.25) is 14.3 Å². The van der Waals surface area contributed by atoms with E-state index >= 15 is 0 Å². The Morgan fingerprint density at radius 2 is 1.87 bits per heavy atom. The molecule has 2 atom stereocenters. The molecule has 1 aromatic carbocycles. The number of benzene rings is 1. The molecule has 0 saturated carbocycles. The fourth-order valence-corrected chi connectivity index (χ4v) is 5.66. The van der Waals surface area contributed by atoms with Crippen molar-refractivity contribution in [3.63, 3.8) is 0 Å². The zero-order chi connectivity index (χ0) is 21.8. The molecule has 0 radical (unpaired) electrons. The lowest BCUT2D eigenvalue weighted by atomic mass is 9.95. The third-order valence-electron chi connectivity index (χ3n) is 6.29. The van der Waals surface area contributed by atoms with E-state index in [4.69, 9.17) is 4.74 Å². The van der Waals surface area contributed by atoms with Gasteiger partial charge in [0.15, 0.2) is 5.16 Å². The number of piperidine rings is 1. The van der Waals surface area contributed by atoms with Crippen molar-refractivity contribution in [3.05, 3.63) is 42.2 Å². The minimum Gasteiger partial charge on any atom is -0.373 e. The van der Waals surface area contributed by atoms with Crippen molar-refractivity contribution in [2.45, 2.75) is 51.0 Å². The molecule has 2 aliphatic rings. The summed E-state index contributed by atoms with van der Waals surface area (Å²) in [7, 11) is 0. The van der Waals surface area contributed by atoms with Gasteiger partial charge in [0.2, 0.25) is 5.91 Å². The molecule has 7 heteroatoms. The monoisotopic (exact) mass is 442 g/mol. The van der Waals surface area contributed by atoms with Gasteiger partial charge in [0, 0.05) is 45.1 Å². The molecule has 2 aliphatic heterocycles. The Bertz CT molecular complexity index is 868. The molecule has 4 rings (SSSR count). The fraction of sp³-hybridized carbons (Fsp3) is 0.583. The highest BCUT2D eigenvalue weighted by Crippen LogP contribution is 2.25. The van der Waals surface area contributed by atoms with Crippen LogP contribution in [0.15, 0.2) is 41.8 Å². The number of amides is 1. The Labute approximate surface area is 190 Å². The second-order valence-electron chi connectivity index (χ2n) is 8.96. The average Bonchev–Trinajstić information content (AvgIpc) is 3.20. The molecule has 3 heterocycles. The summed E-state index contributed by atoms with van der Waals surface area (Å²) in [6.07, 6.45) is 6.58. The summed E-state index contributed by atoms with van der Waals surface area (Å²) < 4.78 is 7.92. The number of likely N-dealkylation sites (tertiary alicyclic amines) is 1. The summed E-state index contributed by atoms with van der Waals surface area (Å²) >= 11 is 1.53. The normalized spacial score (nSPS) is 23.3. The van der Waals surface area contributed by atoms with Crippen LogP contribution in [0.25, 0.3) is 5.69 Å². The lowest BCUT2D eigenvalue weighted by Crippen LogP contribution is -2.48. The van der Waals surface area contributed by atoms with Gasteiger partial charge < -0.3 is 9.64 Å². The topological polar surface area (TPSA) is 50.6 Å². The Morgan fingerprint density at radius 3 is 2.58 bits per heavy atom. The van der Waals surface area contributed by atoms with Crippen LogP contribution < -0.4 is 0 Å². The average molecular weight is 443 g/mol. The van der Waals surface area contributed by atoms with Gasteiger partial charge in [-0.05, 0) is 51.2 Å². The van der Waals surface area contributed by atoms with Crippen molar-refractivity contribution in [2.24, 2.45) is 5.92 Å². The van der Waals surface area contributed by atoms with Crippen molar-refractivity contribution in [2.75, 3.05) is 38.5 Å². The molecule has 168 valence electrons. The lowest BCUT2D eigenvalue weighted by molar-refractivity contribution is -0.129. The number of morpholine rings is 1. The number of thioether (sulfide) groups is 1. The van der Waals surface area contributed by atoms with Gasteiger partial charge in [-0.1, -0.05) is 30.0 Å². The number of aromatic nitrogens is 2. The summed E-state index contributed by atoms with van der Waals surface area (Å²) in [6.45, 7) is 11.3. The van der Waals surface area contributed by atoms with E-state index in [0.717, 1.165) is 56.4 Å². The van der Waals surface area contributed by atoms with Crippen LogP contribution in [-0.4, -0.2) is 75.9 Å². The Balaban J connectivity index is 1.25. The maximum atomic E-state index is 12.8. The quantitative estimate of drug-likeness (QED) is 0.640. The lowest BCUT2D eigenvalue weighted by Gasteiger charge is -2.39. The maximum Gasteiger partial charge on any atom is 0.233 e. The van der Waals surface area contributed by atoms with Crippen molar-refractivity contribution in [3.8, 4) is 5.69 Å². The van der Waals surface area contributed by atoms with E-state index in [2.05, 4.69) is 47.4 Å². The summed E-state index contributed by atoms with van der Waals surface area (Å²) in [4.78, 5) is 21.9. The number of carbonyl (C=O) groups is 1. The van der Waals surface area contributed by atoms with Gasteiger partial charge in [-0.2, -0.15) is 0 Å². The highest BCUT2D eigenvalue weighted by atomic mass is 32.2. The van der Waals surface area contributed by atoms with E-state index < -0.39 is 0 Å². The third-order valence-corrected chi connectivity index (χ3v) is 7.24. The first kappa shape index (κ1) is 22.4. The Hall–Kier alpha value is -1.83. The first-order valence-electron chi connectivity index (χ1n) is 11.4. The van der Waals surface area contributed by atoms with Crippen LogP contribution in [0.2, 0.25) is 0 Å². The number of para-hydroxylation sites is 1. The highest BCUT2D eigenvalue weighted by Gasteiger charge is 2.28. The van der Waals surface area contributed by atoms with E-state index in [1.54, 1.807) is 6.20 Å². The first-order chi connectivity index (χ1) is 15.0. The zero-order valence-electron chi connectivity index (χ0n) is 18.9. The van der Waals surface area contributed by atoms with Crippen molar-refractivity contribution < 1.29 is 9.53 Å². The number of hydrogen-bond donors (Lipinski definition) is 0. The maximum absolute atomic E-state index is 12.8. The van der Waals surface area contributed by atoms with E-state index in [9.17, 15) is 4.79 Å². The van der Waals surface area contributed by atoms with Crippen LogP contribution in [0.5, 0.6) is 0 Å². The van der Waals surface area contributed by atoms with Crippen LogP contribution in [-0.2, 0) is 9.53 Å². The second-order valence-corrected chi connectivity index (χ2v) is 9.90. The van der Waals surface area contributed by atoms with Gasteiger partial charge in [-0.15, -0.1) is 0 Å². The highest BCUT2D eigenvalue weighted by molar-refractivity contribution is 7.99. The number of nitrogens with zero attached hydrogens (tertiary/aromatic N) is 4. The molecule has 31 heavy (non-hydrogen) atoms. The predicted octanol–water partition coefficient (Wildman–Crippen LogP) is 3.62. The van der Waals surface area contributed by atoms with E-state index in [-0.39, 0.29) is 5.91 Å². The number of hydrogen-bond acceptors (Lipinski definition) is 5. The van der Waals surface area contributed by atoms with Crippen molar-refractivity contribution >= 4 is 17.7 Å². The minimum atomic E-state index is 0.219. The predicted molar refractivity (Wildman–Crippen MR) is 125 cm³/mol. The molecule has 2 unspecified atom stereocenters. The van der Waals surface area contributed by atoms with Crippen LogP contribution in [0.1, 0.15) is 32.3 Å². The molecule has 0 aliphatic carbocycles. The second kappa shape index (κ2) is 10.2. The largest absolute Gasteiger partial charge is 0.373 e. The molecule has 1 amide bonds. The van der Waals surface area contributed by atoms with Crippen molar-refractivity contribution in [1.29, 1.82) is 0 Å². The SMILES string of the molecule is Cc1ccccc1-n1ccnc1SCC(=O)N1CCC(CN2CC(C)OC(C)C2)CC1. The number of ether oxygens (including phenoxy) is 1. The molecule has 1 aromatic heterocycles. The van der Waals surface area contributed by atoms with E-state index in [0.29, 0.717) is 23.9 Å². The first-order valence-corrected chi connectivity index (χ1v) is 12.4. The van der Waals surface area contributed by atoms with E-state index in [1.807, 2.05) is 23.2 Å². The fourth-order valence-electron chi connectivity index (χ4n) is 4.79. The molecule has 6 nitrogen and oxygen atoms in total. The van der Waals surface area contributed by atoms with Gasteiger partial charge in [0.1, 0.15) is 0 Å². The molecular weight excluding hydrogens is 408 g/mol. The van der Waals surface area contributed by atoms with Gasteiger partial charge >= 0.3 is 0 Å². The van der Waals surface area contributed by atoms with Gasteiger partial charge in [0.25, 0.3) is 0 Å². The molecule has 2 saturated heterocycles. The van der Waals surface area contributed by atoms with E-state index in [1.165, 1.54) is 17.3 Å². The molecule has 2 aromatic rings. The number of aryl methyl sites for hydroxylation is 1. The summed E-state index contributed by atoms with van der Waals surface area (Å²) in [5, 5.41) is 0.869. The summed E-state index contributed by atoms with van der Waals surface area (Å²) in [5.74, 6) is 1.33. The molecule has 0 bridgehead atoms. The zero-order valence-corrected chi connectivity index (χ0v) is 19.7. The standard InChI is InChI=1S/C24H34N4O2S/c1-18-6-4-5-7-22(18)28-13-10-25-24(28)31-17-23(29)27-11-8-21(9-12-27)16-26-14-19(2)30-20(3)15-26/h4-7,10,13,19-21H,8-9,11-12,14-17H2,1-3H3. The number of rotatable bonds is 6. The summed E-state index contributed by atoms with van der Waals surface area (Å²) in [5.41, 5.74) is 2.31. The number of carbonyl (C=O) groups excluding carboxylic acids is 1. The molecule has 0 N–H and O–H groups in total. The van der Waals surface area contributed by atoms with Gasteiger partial charge in [-0.25, -0.2) is 4.98 Å². The van der Waals surface area contributed by atoms with Crippen molar-refractivity contribution in [1.82, 2.24) is 19.4 Å². The van der Waals surface area contributed by atoms with Crippen LogP contribution >= 0.6 is 11.8 Å². The summed E-state index contributed by atoms with van der Waals surface area (Å²) in [6, 6.07) is 8.25. The Kier molecular flexibility index (Phi) is 7.35. The van der Waals surface area contributed by atoms with Crippen LogP contribution in [0.3, 0.4) is 0 Å².